The Morgan fingerprint density at radius 2 is 0.824 bits per heavy atom. The van der Waals surface area contributed by atoms with Gasteiger partial charge in [0, 0.05) is 42.7 Å². The van der Waals surface area contributed by atoms with Crippen LogP contribution in [0.3, 0.4) is 0 Å². The highest BCUT2D eigenvalue weighted by Crippen LogP contribution is 2.45. The highest BCUT2D eigenvalue weighted by molar-refractivity contribution is 7.26. The topological polar surface area (TPSA) is 9.86 Å². The summed E-state index contributed by atoms with van der Waals surface area (Å²) in [5, 5.41) is 7.66. The number of hydrogen-bond donors (Lipinski definition) is 0. The van der Waals surface area contributed by atoms with E-state index in [1.54, 1.807) is 0 Å². The van der Waals surface area contributed by atoms with E-state index in [2.05, 4.69) is 191 Å². The molecular formula is C48H30N2S. The van der Waals surface area contributed by atoms with Crippen LogP contribution >= 0.6 is 11.3 Å². The molecule has 0 amide bonds. The van der Waals surface area contributed by atoms with Crippen LogP contribution in [0.4, 0.5) is 0 Å². The molecule has 0 radical (unpaired) electrons. The molecule has 0 bridgehead atoms. The predicted molar refractivity (Wildman–Crippen MR) is 219 cm³/mol. The summed E-state index contributed by atoms with van der Waals surface area (Å²) in [6, 6.07) is 66.5. The van der Waals surface area contributed by atoms with Gasteiger partial charge in [-0.3, -0.25) is 0 Å². The van der Waals surface area contributed by atoms with E-state index in [1.165, 1.54) is 91.7 Å². The molecule has 11 rings (SSSR count). The third kappa shape index (κ3) is 4.22. The van der Waals surface area contributed by atoms with Gasteiger partial charge in [0.05, 0.1) is 32.5 Å². The van der Waals surface area contributed by atoms with E-state index in [9.17, 15) is 0 Å². The lowest BCUT2D eigenvalue weighted by Crippen LogP contribution is -1.97. The van der Waals surface area contributed by atoms with Crippen molar-refractivity contribution < 1.29 is 0 Å². The zero-order valence-corrected chi connectivity index (χ0v) is 28.4. The molecule has 11 aromatic rings. The molecule has 3 heterocycles. The summed E-state index contributed by atoms with van der Waals surface area (Å²) in [7, 11) is 0. The Labute approximate surface area is 298 Å². The third-order valence-corrected chi connectivity index (χ3v) is 11.8. The summed E-state index contributed by atoms with van der Waals surface area (Å²) >= 11 is 1.91. The standard InChI is InChI=1S/C48H30N2S/c1-2-12-31(13-3-1)32-24-26-33(27-25-32)35-17-10-18-40-41-19-11-23-45(48(41)51-47(35)40)50-44-22-9-6-16-38(44)39-29-28-34(30-46(39)50)49-42-20-7-4-14-36(42)37-15-5-8-21-43(37)49/h1-30H. The van der Waals surface area contributed by atoms with Crippen LogP contribution in [-0.4, -0.2) is 9.13 Å². The summed E-state index contributed by atoms with van der Waals surface area (Å²) in [5.74, 6) is 0. The van der Waals surface area contributed by atoms with Gasteiger partial charge in [0.25, 0.3) is 0 Å². The van der Waals surface area contributed by atoms with Crippen LogP contribution in [-0.2, 0) is 0 Å². The number of rotatable bonds is 4. The van der Waals surface area contributed by atoms with Gasteiger partial charge in [-0.2, -0.15) is 0 Å². The fourth-order valence-corrected chi connectivity index (χ4v) is 9.58. The van der Waals surface area contributed by atoms with Crippen molar-refractivity contribution >= 4 is 75.1 Å². The molecule has 0 spiro atoms. The highest BCUT2D eigenvalue weighted by Gasteiger charge is 2.19. The van der Waals surface area contributed by atoms with E-state index in [-0.39, 0.29) is 0 Å². The molecule has 0 saturated heterocycles. The minimum absolute atomic E-state index is 1.16. The summed E-state index contributed by atoms with van der Waals surface area (Å²) in [5.41, 5.74) is 12.2. The number of aromatic nitrogens is 2. The summed E-state index contributed by atoms with van der Waals surface area (Å²) in [4.78, 5) is 0. The second-order valence-electron chi connectivity index (χ2n) is 13.3. The molecule has 0 aliphatic rings. The van der Waals surface area contributed by atoms with Crippen LogP contribution in [0, 0.1) is 0 Å². The first kappa shape index (κ1) is 28.4. The maximum Gasteiger partial charge on any atom is 0.0640 e. The second kappa shape index (κ2) is 11.0. The van der Waals surface area contributed by atoms with E-state index in [4.69, 9.17) is 0 Å². The molecule has 2 nitrogen and oxygen atoms in total. The number of nitrogens with zero attached hydrogens (tertiary/aromatic N) is 2. The van der Waals surface area contributed by atoms with Crippen molar-refractivity contribution in [2.45, 2.75) is 0 Å². The molecule has 0 N–H and O–H groups in total. The molecule has 0 unspecified atom stereocenters. The predicted octanol–water partition coefficient (Wildman–Crippen LogP) is 13.6. The lowest BCUT2D eigenvalue weighted by Gasteiger charge is -2.12. The zero-order valence-electron chi connectivity index (χ0n) is 27.6. The van der Waals surface area contributed by atoms with Crippen LogP contribution in [0.15, 0.2) is 182 Å². The molecule has 51 heavy (non-hydrogen) atoms. The van der Waals surface area contributed by atoms with Crippen molar-refractivity contribution in [3.63, 3.8) is 0 Å². The molecule has 8 aromatic carbocycles. The Bertz CT molecular complexity index is 3070. The maximum absolute atomic E-state index is 2.49. The van der Waals surface area contributed by atoms with Gasteiger partial charge in [-0.05, 0) is 58.7 Å². The molecular weight excluding hydrogens is 637 g/mol. The SMILES string of the molecule is c1ccc(-c2ccc(-c3cccc4c3sc3c(-n5c6ccccc6c6ccc(-n7c8ccccc8c8ccccc87)cc65)cccc34)cc2)cc1. The minimum atomic E-state index is 1.16. The largest absolute Gasteiger partial charge is 0.309 e. The summed E-state index contributed by atoms with van der Waals surface area (Å²) in [6.07, 6.45) is 0. The fourth-order valence-electron chi connectivity index (χ4n) is 8.24. The van der Waals surface area contributed by atoms with Crippen molar-refractivity contribution in [2.75, 3.05) is 0 Å². The van der Waals surface area contributed by atoms with E-state index in [1.807, 2.05) is 11.3 Å². The van der Waals surface area contributed by atoms with Gasteiger partial charge in [0.1, 0.15) is 0 Å². The van der Waals surface area contributed by atoms with Crippen LogP contribution in [0.2, 0.25) is 0 Å². The van der Waals surface area contributed by atoms with Crippen LogP contribution < -0.4 is 0 Å². The van der Waals surface area contributed by atoms with Crippen molar-refractivity contribution in [3.05, 3.63) is 182 Å². The van der Waals surface area contributed by atoms with Gasteiger partial charge in [-0.15, -0.1) is 11.3 Å². The molecule has 238 valence electrons. The minimum Gasteiger partial charge on any atom is -0.309 e. The van der Waals surface area contributed by atoms with Gasteiger partial charge in [-0.25, -0.2) is 0 Å². The van der Waals surface area contributed by atoms with Gasteiger partial charge in [-0.1, -0.05) is 146 Å². The zero-order chi connectivity index (χ0) is 33.5. The van der Waals surface area contributed by atoms with Crippen LogP contribution in [0.1, 0.15) is 0 Å². The van der Waals surface area contributed by atoms with Gasteiger partial charge >= 0.3 is 0 Å². The van der Waals surface area contributed by atoms with Gasteiger partial charge < -0.3 is 9.13 Å². The number of thiophene rings is 1. The Morgan fingerprint density at radius 1 is 0.314 bits per heavy atom. The van der Waals surface area contributed by atoms with Crippen molar-refractivity contribution in [3.8, 4) is 33.6 Å². The Morgan fingerprint density at radius 3 is 1.51 bits per heavy atom. The molecule has 0 aliphatic carbocycles. The number of benzene rings is 8. The second-order valence-corrected chi connectivity index (χ2v) is 14.3. The summed E-state index contributed by atoms with van der Waals surface area (Å²) in [6.45, 7) is 0. The van der Waals surface area contributed by atoms with Crippen LogP contribution in [0.5, 0.6) is 0 Å². The van der Waals surface area contributed by atoms with Gasteiger partial charge in [0.15, 0.2) is 0 Å². The number of para-hydroxylation sites is 3. The molecule has 3 aromatic heterocycles. The first-order chi connectivity index (χ1) is 25.3. The molecule has 0 aliphatic heterocycles. The van der Waals surface area contributed by atoms with Gasteiger partial charge in [0.2, 0.25) is 0 Å². The molecule has 0 fully saturated rings. The quantitative estimate of drug-likeness (QED) is 0.177. The first-order valence-electron chi connectivity index (χ1n) is 17.4. The fraction of sp³-hybridized carbons (Fsp3) is 0. The third-order valence-electron chi connectivity index (χ3n) is 10.5. The highest BCUT2D eigenvalue weighted by atomic mass is 32.1. The normalized spacial score (nSPS) is 11.9. The van der Waals surface area contributed by atoms with E-state index >= 15 is 0 Å². The lowest BCUT2D eigenvalue weighted by molar-refractivity contribution is 1.16. The molecule has 0 saturated carbocycles. The van der Waals surface area contributed by atoms with E-state index in [0.29, 0.717) is 0 Å². The van der Waals surface area contributed by atoms with Crippen molar-refractivity contribution in [2.24, 2.45) is 0 Å². The maximum atomic E-state index is 2.49. The summed E-state index contributed by atoms with van der Waals surface area (Å²) < 4.78 is 7.53. The monoisotopic (exact) mass is 666 g/mol. The molecule has 0 atom stereocenters. The average Bonchev–Trinajstić information content (AvgIpc) is 3.86. The first-order valence-corrected chi connectivity index (χ1v) is 18.3. The number of hydrogen-bond acceptors (Lipinski definition) is 1. The van der Waals surface area contributed by atoms with E-state index in [0.717, 1.165) is 5.69 Å². The van der Waals surface area contributed by atoms with E-state index < -0.39 is 0 Å². The van der Waals surface area contributed by atoms with Crippen molar-refractivity contribution in [1.82, 2.24) is 9.13 Å². The smallest absolute Gasteiger partial charge is 0.0640 e. The lowest BCUT2D eigenvalue weighted by atomic mass is 9.99. The Kier molecular flexibility index (Phi) is 6.16. The van der Waals surface area contributed by atoms with Crippen LogP contribution in [0.25, 0.3) is 97.4 Å². The Hall–Kier alpha value is -6.42. The Balaban J connectivity index is 1.14. The average molecular weight is 667 g/mol. The van der Waals surface area contributed by atoms with Crippen molar-refractivity contribution in [1.29, 1.82) is 0 Å². The number of fused-ring (bicyclic) bond motifs is 9. The molecule has 3 heteroatoms.